The van der Waals surface area contributed by atoms with Gasteiger partial charge in [-0.2, -0.15) is 0 Å². The third-order valence-corrected chi connectivity index (χ3v) is 5.59. The summed E-state index contributed by atoms with van der Waals surface area (Å²) in [6.45, 7) is 6.40. The van der Waals surface area contributed by atoms with Crippen molar-refractivity contribution in [2.45, 2.75) is 44.7 Å². The van der Waals surface area contributed by atoms with Crippen molar-refractivity contribution < 1.29 is 22.4 Å². The molecule has 2 aromatic rings. The summed E-state index contributed by atoms with van der Waals surface area (Å²) >= 11 is 0. The monoisotopic (exact) mass is 421 g/mol. The van der Waals surface area contributed by atoms with Gasteiger partial charge in [-0.15, -0.1) is 0 Å². The molecule has 0 aliphatic rings. The lowest BCUT2D eigenvalue weighted by atomic mass is 10.1. The van der Waals surface area contributed by atoms with E-state index in [0.717, 1.165) is 18.2 Å². The van der Waals surface area contributed by atoms with Crippen LogP contribution in [0.3, 0.4) is 0 Å². The number of sulfonamides is 1. The largest absolute Gasteiger partial charge is 0.345 e. The fourth-order valence-electron chi connectivity index (χ4n) is 2.67. The van der Waals surface area contributed by atoms with E-state index in [4.69, 9.17) is 0 Å². The maximum atomic E-state index is 14.2. The molecule has 1 unspecified atom stereocenters. The van der Waals surface area contributed by atoms with Crippen molar-refractivity contribution in [3.8, 4) is 0 Å². The van der Waals surface area contributed by atoms with Crippen LogP contribution < -0.4 is 15.4 Å². The van der Waals surface area contributed by atoms with Crippen LogP contribution in [0.2, 0.25) is 0 Å². The number of carbonyl (C=O) groups excluding carboxylic acids is 2. The first kappa shape index (κ1) is 22.5. The quantitative estimate of drug-likeness (QED) is 0.639. The summed E-state index contributed by atoms with van der Waals surface area (Å²) < 4.78 is 41.2. The molecule has 0 aliphatic heterocycles. The highest BCUT2D eigenvalue weighted by Gasteiger charge is 2.21. The minimum atomic E-state index is -3.87. The summed E-state index contributed by atoms with van der Waals surface area (Å²) in [6.07, 6.45) is 0. The third kappa shape index (κ3) is 6.10. The van der Waals surface area contributed by atoms with Crippen molar-refractivity contribution in [1.29, 1.82) is 0 Å². The van der Waals surface area contributed by atoms with Crippen molar-refractivity contribution >= 4 is 27.5 Å². The Morgan fingerprint density at radius 3 is 2.34 bits per heavy atom. The van der Waals surface area contributed by atoms with E-state index in [2.05, 4.69) is 15.4 Å². The summed E-state index contributed by atoms with van der Waals surface area (Å²) in [5, 5.41) is 5.29. The fraction of sp³-hybridized carbons (Fsp3) is 0.300. The zero-order valence-electron chi connectivity index (χ0n) is 16.6. The molecule has 2 aromatic carbocycles. The normalized spacial score (nSPS) is 12.5. The van der Waals surface area contributed by atoms with E-state index in [-0.39, 0.29) is 22.4 Å². The molecule has 7 nitrogen and oxygen atoms in total. The molecule has 0 saturated carbocycles. The van der Waals surface area contributed by atoms with Crippen LogP contribution in [0.5, 0.6) is 0 Å². The molecule has 0 heterocycles. The number of anilines is 1. The Morgan fingerprint density at radius 1 is 1.03 bits per heavy atom. The summed E-state index contributed by atoms with van der Waals surface area (Å²) in [5.74, 6) is -1.80. The minimum Gasteiger partial charge on any atom is -0.345 e. The van der Waals surface area contributed by atoms with Gasteiger partial charge < -0.3 is 10.6 Å². The average molecular weight is 421 g/mol. The van der Waals surface area contributed by atoms with Gasteiger partial charge in [0.1, 0.15) is 5.82 Å². The molecule has 1 atom stereocenters. The Hall–Kier alpha value is -2.78. The number of hydrogen-bond acceptors (Lipinski definition) is 4. The molecule has 156 valence electrons. The minimum absolute atomic E-state index is 0.196. The van der Waals surface area contributed by atoms with Gasteiger partial charge in [-0.3, -0.25) is 9.59 Å². The van der Waals surface area contributed by atoms with Crippen molar-refractivity contribution in [3.63, 3.8) is 0 Å². The average Bonchev–Trinajstić information content (AvgIpc) is 2.60. The lowest BCUT2D eigenvalue weighted by Crippen LogP contribution is -2.31. The number of halogens is 1. The van der Waals surface area contributed by atoms with Crippen LogP contribution in [0.15, 0.2) is 47.4 Å². The Kier molecular flexibility index (Phi) is 7.10. The molecular weight excluding hydrogens is 397 g/mol. The first-order valence-electron chi connectivity index (χ1n) is 9.00. The van der Waals surface area contributed by atoms with Crippen LogP contribution >= 0.6 is 0 Å². The molecule has 29 heavy (non-hydrogen) atoms. The zero-order chi connectivity index (χ0) is 21.8. The van der Waals surface area contributed by atoms with Gasteiger partial charge in [0.05, 0.1) is 16.5 Å². The molecule has 3 N–H and O–H groups in total. The van der Waals surface area contributed by atoms with E-state index in [1.165, 1.54) is 6.92 Å². The second-order valence-corrected chi connectivity index (χ2v) is 8.63. The third-order valence-electron chi connectivity index (χ3n) is 3.94. The Morgan fingerprint density at radius 2 is 1.72 bits per heavy atom. The first-order chi connectivity index (χ1) is 13.5. The molecule has 2 amide bonds. The molecule has 0 radical (unpaired) electrons. The molecular formula is C20H24FN3O4S. The molecule has 0 aromatic heterocycles. The first-order valence-corrected chi connectivity index (χ1v) is 10.5. The van der Waals surface area contributed by atoms with Gasteiger partial charge in [0.2, 0.25) is 15.9 Å². The summed E-state index contributed by atoms with van der Waals surface area (Å²) in [5.41, 5.74) is 0.881. The second-order valence-electron chi connectivity index (χ2n) is 6.92. The van der Waals surface area contributed by atoms with Gasteiger partial charge in [-0.1, -0.05) is 12.1 Å². The summed E-state index contributed by atoms with van der Waals surface area (Å²) in [6, 6.07) is 9.07. The lowest BCUT2D eigenvalue weighted by Gasteiger charge is -2.16. The van der Waals surface area contributed by atoms with Gasteiger partial charge >= 0.3 is 0 Å². The van der Waals surface area contributed by atoms with Crippen LogP contribution in [0.25, 0.3) is 0 Å². The van der Waals surface area contributed by atoms with Crippen LogP contribution in [-0.2, 0) is 14.8 Å². The maximum Gasteiger partial charge on any atom is 0.254 e. The van der Waals surface area contributed by atoms with Crippen molar-refractivity contribution in [2.24, 2.45) is 0 Å². The Bertz CT molecular complexity index is 1020. The molecule has 2 rings (SSSR count). The lowest BCUT2D eigenvalue weighted by molar-refractivity contribution is -0.114. The number of amides is 2. The maximum absolute atomic E-state index is 14.2. The van der Waals surface area contributed by atoms with Crippen molar-refractivity contribution in [1.82, 2.24) is 10.0 Å². The predicted octanol–water partition coefficient (Wildman–Crippen LogP) is 2.96. The molecule has 0 aliphatic carbocycles. The van der Waals surface area contributed by atoms with E-state index in [1.54, 1.807) is 45.0 Å². The number of rotatable bonds is 7. The Labute approximate surface area is 169 Å². The highest BCUT2D eigenvalue weighted by Crippen LogP contribution is 2.20. The number of carbonyl (C=O) groups is 2. The van der Waals surface area contributed by atoms with Gasteiger partial charge in [0.25, 0.3) is 5.91 Å². The number of benzene rings is 2. The van der Waals surface area contributed by atoms with E-state index < -0.39 is 27.8 Å². The van der Waals surface area contributed by atoms with E-state index in [0.29, 0.717) is 11.3 Å². The fourth-order valence-corrected chi connectivity index (χ4v) is 3.95. The topological polar surface area (TPSA) is 104 Å². The summed E-state index contributed by atoms with van der Waals surface area (Å²) in [7, 11) is -3.87. The van der Waals surface area contributed by atoms with E-state index in [9.17, 15) is 22.4 Å². The highest BCUT2D eigenvalue weighted by molar-refractivity contribution is 7.89. The van der Waals surface area contributed by atoms with Gasteiger partial charge in [-0.05, 0) is 56.7 Å². The van der Waals surface area contributed by atoms with Gasteiger partial charge in [0, 0.05) is 18.7 Å². The van der Waals surface area contributed by atoms with Crippen LogP contribution in [-0.4, -0.2) is 26.3 Å². The second kappa shape index (κ2) is 9.15. The number of nitrogens with one attached hydrogen (secondary N) is 3. The molecule has 0 spiro atoms. The molecule has 0 bridgehead atoms. The number of hydrogen-bond donors (Lipinski definition) is 3. The van der Waals surface area contributed by atoms with Gasteiger partial charge in [-0.25, -0.2) is 17.5 Å². The summed E-state index contributed by atoms with van der Waals surface area (Å²) in [4.78, 5) is 23.6. The van der Waals surface area contributed by atoms with Gasteiger partial charge in [0.15, 0.2) is 0 Å². The molecule has 0 fully saturated rings. The standard InChI is InChI=1S/C20H24FN3O4S/c1-12(2)24-29(27,28)17-8-9-19(21)18(11-17)20(26)22-13(3)15-6-5-7-16(10-15)23-14(4)25/h5-13,24H,1-4H3,(H,22,26)(H,23,25). The molecule has 9 heteroatoms. The van der Waals surface area contributed by atoms with Crippen LogP contribution in [0.1, 0.15) is 49.7 Å². The van der Waals surface area contributed by atoms with Crippen LogP contribution in [0, 0.1) is 5.82 Å². The molecule has 0 saturated heterocycles. The van der Waals surface area contributed by atoms with E-state index in [1.807, 2.05) is 0 Å². The Balaban J connectivity index is 2.24. The zero-order valence-corrected chi connectivity index (χ0v) is 17.4. The SMILES string of the molecule is CC(=O)Nc1cccc(C(C)NC(=O)c2cc(S(=O)(=O)NC(C)C)ccc2F)c1. The highest BCUT2D eigenvalue weighted by atomic mass is 32.2. The van der Waals surface area contributed by atoms with Crippen molar-refractivity contribution in [2.75, 3.05) is 5.32 Å². The van der Waals surface area contributed by atoms with E-state index >= 15 is 0 Å². The smallest absolute Gasteiger partial charge is 0.254 e. The van der Waals surface area contributed by atoms with Crippen molar-refractivity contribution in [3.05, 3.63) is 59.4 Å². The van der Waals surface area contributed by atoms with Crippen LogP contribution in [0.4, 0.5) is 10.1 Å². The predicted molar refractivity (Wildman–Crippen MR) is 108 cm³/mol.